The van der Waals surface area contributed by atoms with E-state index in [9.17, 15) is 0 Å². The molecular formula is C7H7Cl2NO2. The second-order valence-electron chi connectivity index (χ2n) is 1.78. The van der Waals surface area contributed by atoms with E-state index in [1.54, 1.807) is 18.2 Å². The van der Waals surface area contributed by atoms with Crippen molar-refractivity contribution in [2.45, 2.75) is 0 Å². The van der Waals surface area contributed by atoms with Gasteiger partial charge in [0.05, 0.1) is 0 Å². The van der Waals surface area contributed by atoms with Gasteiger partial charge >= 0.3 is 6.09 Å². The van der Waals surface area contributed by atoms with Crippen LogP contribution in [-0.2, 0) is 0 Å². The third-order valence-corrected chi connectivity index (χ3v) is 1.26. The molecule has 0 heterocycles. The van der Waals surface area contributed by atoms with E-state index in [2.05, 4.69) is 5.73 Å². The van der Waals surface area contributed by atoms with E-state index in [-0.39, 0.29) is 0 Å². The molecule has 0 radical (unpaired) electrons. The molecule has 1 aromatic carbocycles. The summed E-state index contributed by atoms with van der Waals surface area (Å²) in [6.07, 6.45) is -1.33. The number of halogens is 2. The van der Waals surface area contributed by atoms with Crippen LogP contribution in [0.2, 0.25) is 10.0 Å². The van der Waals surface area contributed by atoms with Crippen molar-refractivity contribution in [1.29, 1.82) is 0 Å². The number of carboxylic acid groups (broad SMARTS) is 1. The number of amides is 1. The van der Waals surface area contributed by atoms with Gasteiger partial charge in [0.1, 0.15) is 0 Å². The lowest BCUT2D eigenvalue weighted by Gasteiger charge is -1.86. The van der Waals surface area contributed by atoms with E-state index >= 15 is 0 Å². The van der Waals surface area contributed by atoms with Gasteiger partial charge in [-0.2, -0.15) is 0 Å². The topological polar surface area (TPSA) is 63.3 Å². The van der Waals surface area contributed by atoms with Gasteiger partial charge in [0.15, 0.2) is 0 Å². The summed E-state index contributed by atoms with van der Waals surface area (Å²) < 4.78 is 0. The standard InChI is InChI=1S/C6H4Cl2.CH3NO2/c7-5-2-1-3-6(8)4-5;2-1(3)4/h1-4H;2H2,(H,3,4). The molecule has 0 saturated carbocycles. The molecule has 0 unspecified atom stereocenters. The van der Waals surface area contributed by atoms with Crippen molar-refractivity contribution in [3.63, 3.8) is 0 Å². The zero-order valence-corrected chi connectivity index (χ0v) is 7.51. The summed E-state index contributed by atoms with van der Waals surface area (Å²) in [7, 11) is 0. The molecule has 1 amide bonds. The van der Waals surface area contributed by atoms with Crippen LogP contribution in [0, 0.1) is 0 Å². The van der Waals surface area contributed by atoms with Gasteiger partial charge < -0.3 is 10.8 Å². The van der Waals surface area contributed by atoms with Crippen LogP contribution >= 0.6 is 23.2 Å². The first-order chi connectivity index (χ1) is 5.52. The molecule has 0 saturated heterocycles. The number of rotatable bonds is 0. The summed E-state index contributed by atoms with van der Waals surface area (Å²) in [5.74, 6) is 0. The highest BCUT2D eigenvalue weighted by atomic mass is 35.5. The van der Waals surface area contributed by atoms with Crippen LogP contribution in [0.25, 0.3) is 0 Å². The molecule has 1 rings (SSSR count). The highest BCUT2D eigenvalue weighted by Gasteiger charge is 1.84. The summed E-state index contributed by atoms with van der Waals surface area (Å²) in [5.41, 5.74) is 4.03. The Morgan fingerprint density at radius 2 is 1.67 bits per heavy atom. The van der Waals surface area contributed by atoms with Gasteiger partial charge in [0.2, 0.25) is 0 Å². The Bertz CT molecular complexity index is 244. The number of primary amides is 1. The van der Waals surface area contributed by atoms with Crippen molar-refractivity contribution in [2.24, 2.45) is 5.73 Å². The fourth-order valence-electron chi connectivity index (χ4n) is 0.460. The van der Waals surface area contributed by atoms with Crippen LogP contribution in [0.4, 0.5) is 4.79 Å². The first-order valence-electron chi connectivity index (χ1n) is 2.92. The van der Waals surface area contributed by atoms with Crippen molar-refractivity contribution in [1.82, 2.24) is 0 Å². The summed E-state index contributed by atoms with van der Waals surface area (Å²) >= 11 is 11.1. The van der Waals surface area contributed by atoms with Gasteiger partial charge in [-0.25, -0.2) is 4.79 Å². The molecule has 0 fully saturated rings. The summed E-state index contributed by atoms with van der Waals surface area (Å²) in [6.45, 7) is 0. The molecule has 0 aliphatic heterocycles. The number of benzene rings is 1. The molecule has 5 heteroatoms. The maximum absolute atomic E-state index is 8.78. The fraction of sp³-hybridized carbons (Fsp3) is 0. The van der Waals surface area contributed by atoms with Crippen LogP contribution in [-0.4, -0.2) is 11.2 Å². The predicted molar refractivity (Wildman–Crippen MR) is 48.7 cm³/mol. The van der Waals surface area contributed by atoms with E-state index in [1.807, 2.05) is 6.07 Å². The largest absolute Gasteiger partial charge is 0.465 e. The third-order valence-electron chi connectivity index (χ3n) is 0.787. The highest BCUT2D eigenvalue weighted by Crippen LogP contribution is 2.13. The first kappa shape index (κ1) is 11.1. The molecule has 3 N–H and O–H groups in total. The second-order valence-corrected chi connectivity index (χ2v) is 2.65. The predicted octanol–water partition coefficient (Wildman–Crippen LogP) is 2.62. The van der Waals surface area contributed by atoms with E-state index in [4.69, 9.17) is 33.1 Å². The molecule has 66 valence electrons. The molecule has 0 atom stereocenters. The van der Waals surface area contributed by atoms with Crippen LogP contribution < -0.4 is 5.73 Å². The molecule has 0 aromatic heterocycles. The molecule has 3 nitrogen and oxygen atoms in total. The molecule has 12 heavy (non-hydrogen) atoms. The molecule has 0 bridgehead atoms. The normalized spacial score (nSPS) is 8.17. The highest BCUT2D eigenvalue weighted by molar-refractivity contribution is 6.34. The molecule has 0 aliphatic carbocycles. The lowest BCUT2D eigenvalue weighted by molar-refractivity contribution is 0.205. The molecule has 0 spiro atoms. The Labute approximate surface area is 79.7 Å². The zero-order chi connectivity index (χ0) is 9.56. The first-order valence-corrected chi connectivity index (χ1v) is 3.67. The zero-order valence-electron chi connectivity index (χ0n) is 6.00. The summed E-state index contributed by atoms with van der Waals surface area (Å²) in [5, 5.41) is 8.55. The SMILES string of the molecule is Clc1cccc(Cl)c1.NC(=O)O. The van der Waals surface area contributed by atoms with E-state index in [0.29, 0.717) is 10.0 Å². The lowest BCUT2D eigenvalue weighted by atomic mass is 10.4. The Hall–Kier alpha value is -0.930. The average Bonchev–Trinajstić information content (AvgIpc) is 1.84. The van der Waals surface area contributed by atoms with Gasteiger partial charge in [0, 0.05) is 10.0 Å². The minimum atomic E-state index is -1.33. The van der Waals surface area contributed by atoms with E-state index < -0.39 is 6.09 Å². The quantitative estimate of drug-likeness (QED) is 0.688. The molecule has 1 aromatic rings. The molecule has 0 aliphatic rings. The third kappa shape index (κ3) is 7.18. The fourth-order valence-corrected chi connectivity index (χ4v) is 0.896. The van der Waals surface area contributed by atoms with E-state index in [1.165, 1.54) is 0 Å². The molecular weight excluding hydrogens is 201 g/mol. The van der Waals surface area contributed by atoms with Gasteiger partial charge in [-0.15, -0.1) is 0 Å². The van der Waals surface area contributed by atoms with Crippen molar-refractivity contribution < 1.29 is 9.90 Å². The smallest absolute Gasteiger partial charge is 0.402 e. The van der Waals surface area contributed by atoms with Gasteiger partial charge in [-0.3, -0.25) is 0 Å². The van der Waals surface area contributed by atoms with Crippen LogP contribution in [0.5, 0.6) is 0 Å². The van der Waals surface area contributed by atoms with Crippen LogP contribution in [0.1, 0.15) is 0 Å². The number of hydrogen-bond donors (Lipinski definition) is 2. The maximum atomic E-state index is 8.78. The summed E-state index contributed by atoms with van der Waals surface area (Å²) in [4.78, 5) is 8.78. The Balaban J connectivity index is 0.000000261. The number of carbonyl (C=O) groups is 1. The Kier molecular flexibility index (Phi) is 5.25. The van der Waals surface area contributed by atoms with Gasteiger partial charge in [-0.05, 0) is 18.2 Å². The van der Waals surface area contributed by atoms with Crippen molar-refractivity contribution >= 4 is 29.3 Å². The average molecular weight is 208 g/mol. The minimum Gasteiger partial charge on any atom is -0.465 e. The van der Waals surface area contributed by atoms with Crippen molar-refractivity contribution in [3.05, 3.63) is 34.3 Å². The summed E-state index contributed by atoms with van der Waals surface area (Å²) in [6, 6.07) is 7.08. The van der Waals surface area contributed by atoms with Crippen molar-refractivity contribution in [2.75, 3.05) is 0 Å². The second kappa shape index (κ2) is 5.69. The minimum absolute atomic E-state index is 0.678. The van der Waals surface area contributed by atoms with Crippen LogP contribution in [0.15, 0.2) is 24.3 Å². The van der Waals surface area contributed by atoms with Crippen molar-refractivity contribution in [3.8, 4) is 0 Å². The number of hydrogen-bond acceptors (Lipinski definition) is 1. The maximum Gasteiger partial charge on any atom is 0.402 e. The van der Waals surface area contributed by atoms with Gasteiger partial charge in [-0.1, -0.05) is 29.3 Å². The lowest BCUT2D eigenvalue weighted by Crippen LogP contribution is -2.03. The van der Waals surface area contributed by atoms with E-state index in [0.717, 1.165) is 0 Å². The van der Waals surface area contributed by atoms with Gasteiger partial charge in [0.25, 0.3) is 0 Å². The van der Waals surface area contributed by atoms with Crippen LogP contribution in [0.3, 0.4) is 0 Å². The monoisotopic (exact) mass is 207 g/mol. The Morgan fingerprint density at radius 1 is 1.33 bits per heavy atom. The number of nitrogens with two attached hydrogens (primary N) is 1. The Morgan fingerprint density at radius 3 is 1.83 bits per heavy atom.